The average Bonchev–Trinajstić information content (AvgIpc) is 3.27. The quantitative estimate of drug-likeness (QED) is 0.455. The Morgan fingerprint density at radius 1 is 0.833 bits per heavy atom. The van der Waals surface area contributed by atoms with Crippen molar-refractivity contribution in [3.05, 3.63) is 36.5 Å². The number of hydrogen-bond acceptors (Lipinski definition) is 0. The fraction of sp³-hybridized carbons (Fsp3) is 0.750. The number of fused-ring (bicyclic) bond motifs is 2. The Hall–Kier alpha value is -0.780. The lowest BCUT2D eigenvalue weighted by atomic mass is 9.91. The van der Waals surface area contributed by atoms with Gasteiger partial charge in [0.25, 0.3) is 0 Å². The first kappa shape index (κ1) is 19.5. The van der Waals surface area contributed by atoms with Crippen molar-refractivity contribution in [2.24, 2.45) is 29.6 Å². The van der Waals surface area contributed by atoms with E-state index in [1.807, 2.05) is 0 Å². The van der Waals surface area contributed by atoms with Crippen molar-refractivity contribution in [2.45, 2.75) is 85.0 Å². The first-order valence-corrected chi connectivity index (χ1v) is 10.7. The van der Waals surface area contributed by atoms with Crippen LogP contribution >= 0.6 is 0 Å². The van der Waals surface area contributed by atoms with Crippen LogP contribution in [0.3, 0.4) is 0 Å². The third-order valence-corrected chi connectivity index (χ3v) is 6.39. The second kappa shape index (κ2) is 11.0. The van der Waals surface area contributed by atoms with Crippen LogP contribution in [0.4, 0.5) is 0 Å². The van der Waals surface area contributed by atoms with Crippen molar-refractivity contribution < 1.29 is 0 Å². The standard InChI is InChI=1S/C9H14.C8H14.C7H12/c1-2-8-5-7-3-4-9(8)6-7;1-2-8-6-4-3-5-7-8;1-7-5-3-2-4-6-7/h3-4,7-9H,2,5-6H2,1H3;3-4,8H,2,5-7H2,1H3;3,5,7H,2,4,6H2,1H3. The summed E-state index contributed by atoms with van der Waals surface area (Å²) in [6.45, 7) is 6.87. The minimum atomic E-state index is 0.855. The number of rotatable bonds is 2. The lowest BCUT2D eigenvalue weighted by Crippen LogP contribution is -2.04. The summed E-state index contributed by atoms with van der Waals surface area (Å²) in [5.74, 6) is 4.84. The van der Waals surface area contributed by atoms with Gasteiger partial charge in [0.05, 0.1) is 0 Å². The molecule has 4 aliphatic rings. The molecule has 24 heavy (non-hydrogen) atoms. The molecule has 136 valence electrons. The average molecular weight is 329 g/mol. The topological polar surface area (TPSA) is 0 Å². The van der Waals surface area contributed by atoms with Crippen molar-refractivity contribution >= 4 is 0 Å². The highest BCUT2D eigenvalue weighted by Gasteiger charge is 2.33. The Morgan fingerprint density at radius 3 is 2.04 bits per heavy atom. The molecule has 0 aromatic heterocycles. The van der Waals surface area contributed by atoms with Crippen LogP contribution in [0.5, 0.6) is 0 Å². The minimum Gasteiger partial charge on any atom is -0.0885 e. The third kappa shape index (κ3) is 6.61. The summed E-state index contributed by atoms with van der Waals surface area (Å²) < 4.78 is 0. The molecule has 0 amide bonds. The van der Waals surface area contributed by atoms with Crippen molar-refractivity contribution in [3.63, 3.8) is 0 Å². The van der Waals surface area contributed by atoms with Gasteiger partial charge in [-0.25, -0.2) is 0 Å². The maximum absolute atomic E-state index is 2.43. The van der Waals surface area contributed by atoms with Crippen LogP contribution in [0, 0.1) is 29.6 Å². The van der Waals surface area contributed by atoms with Crippen LogP contribution in [-0.4, -0.2) is 0 Å². The largest absolute Gasteiger partial charge is 0.0885 e. The van der Waals surface area contributed by atoms with Gasteiger partial charge in [-0.15, -0.1) is 0 Å². The van der Waals surface area contributed by atoms with Crippen molar-refractivity contribution in [1.82, 2.24) is 0 Å². The van der Waals surface area contributed by atoms with E-state index in [0.29, 0.717) is 0 Å². The van der Waals surface area contributed by atoms with Gasteiger partial charge >= 0.3 is 0 Å². The fourth-order valence-electron chi connectivity index (χ4n) is 4.57. The van der Waals surface area contributed by atoms with E-state index in [1.165, 1.54) is 64.2 Å². The first-order valence-electron chi connectivity index (χ1n) is 10.7. The molecule has 0 aromatic carbocycles. The van der Waals surface area contributed by atoms with E-state index in [2.05, 4.69) is 57.2 Å². The molecule has 0 radical (unpaired) electrons. The second-order valence-electron chi connectivity index (χ2n) is 8.34. The van der Waals surface area contributed by atoms with Gasteiger partial charge in [0, 0.05) is 0 Å². The van der Waals surface area contributed by atoms with Crippen molar-refractivity contribution in [3.8, 4) is 0 Å². The zero-order chi connectivity index (χ0) is 17.2. The molecule has 0 aromatic rings. The molecule has 4 aliphatic carbocycles. The van der Waals surface area contributed by atoms with E-state index in [9.17, 15) is 0 Å². The summed E-state index contributed by atoms with van der Waals surface area (Å²) in [6, 6.07) is 0. The summed E-state index contributed by atoms with van der Waals surface area (Å²) in [5, 5.41) is 0. The predicted molar refractivity (Wildman–Crippen MR) is 108 cm³/mol. The van der Waals surface area contributed by atoms with Crippen LogP contribution in [0.2, 0.25) is 0 Å². The molecule has 0 heterocycles. The number of hydrogen-bond donors (Lipinski definition) is 0. The summed E-state index contributed by atoms with van der Waals surface area (Å²) >= 11 is 0. The third-order valence-electron chi connectivity index (χ3n) is 6.39. The highest BCUT2D eigenvalue weighted by molar-refractivity contribution is 5.09. The molecule has 0 aliphatic heterocycles. The van der Waals surface area contributed by atoms with Gasteiger partial charge < -0.3 is 0 Å². The Labute approximate surface area is 151 Å². The van der Waals surface area contributed by atoms with Gasteiger partial charge in [-0.2, -0.15) is 0 Å². The maximum Gasteiger partial charge on any atom is -0.0199 e. The minimum absolute atomic E-state index is 0.855. The summed E-state index contributed by atoms with van der Waals surface area (Å²) in [6.07, 6.45) is 28.0. The summed E-state index contributed by atoms with van der Waals surface area (Å²) in [7, 11) is 0. The smallest absolute Gasteiger partial charge is 0.0199 e. The first-order chi connectivity index (χ1) is 11.7. The molecule has 1 saturated carbocycles. The Morgan fingerprint density at radius 2 is 1.71 bits per heavy atom. The van der Waals surface area contributed by atoms with E-state index in [4.69, 9.17) is 0 Å². The van der Waals surface area contributed by atoms with Crippen molar-refractivity contribution in [1.29, 1.82) is 0 Å². The molecular weight excluding hydrogens is 288 g/mol. The Balaban J connectivity index is 0.000000132. The van der Waals surface area contributed by atoms with Crippen LogP contribution in [-0.2, 0) is 0 Å². The van der Waals surface area contributed by atoms with Gasteiger partial charge in [-0.1, -0.05) is 70.1 Å². The molecule has 0 spiro atoms. The molecule has 4 rings (SSSR count). The molecule has 1 fully saturated rings. The molecule has 0 N–H and O–H groups in total. The Bertz CT molecular complexity index is 414. The van der Waals surface area contributed by atoms with Crippen LogP contribution < -0.4 is 0 Å². The van der Waals surface area contributed by atoms with E-state index in [1.54, 1.807) is 0 Å². The maximum atomic E-state index is 2.43. The molecule has 0 heteroatoms. The van der Waals surface area contributed by atoms with E-state index >= 15 is 0 Å². The van der Waals surface area contributed by atoms with E-state index < -0.39 is 0 Å². The number of allylic oxidation sites excluding steroid dienone is 6. The zero-order valence-electron chi connectivity index (χ0n) is 16.4. The monoisotopic (exact) mass is 328 g/mol. The molecule has 0 nitrogen and oxygen atoms in total. The summed E-state index contributed by atoms with van der Waals surface area (Å²) in [5.41, 5.74) is 0. The Kier molecular flexibility index (Phi) is 8.92. The zero-order valence-corrected chi connectivity index (χ0v) is 16.4. The normalized spacial score (nSPS) is 35.9. The van der Waals surface area contributed by atoms with Gasteiger partial charge in [0.15, 0.2) is 0 Å². The van der Waals surface area contributed by atoms with Gasteiger partial charge in [0.1, 0.15) is 0 Å². The van der Waals surface area contributed by atoms with Crippen molar-refractivity contribution in [2.75, 3.05) is 0 Å². The molecule has 5 atom stereocenters. The predicted octanol–water partition coefficient (Wildman–Crippen LogP) is 7.72. The highest BCUT2D eigenvalue weighted by atomic mass is 14.4. The van der Waals surface area contributed by atoms with Gasteiger partial charge in [0.2, 0.25) is 0 Å². The van der Waals surface area contributed by atoms with Gasteiger partial charge in [-0.3, -0.25) is 0 Å². The molecule has 0 saturated heterocycles. The van der Waals surface area contributed by atoms with Crippen LogP contribution in [0.15, 0.2) is 36.5 Å². The van der Waals surface area contributed by atoms with Gasteiger partial charge in [-0.05, 0) is 81.0 Å². The summed E-state index contributed by atoms with van der Waals surface area (Å²) in [4.78, 5) is 0. The molecule has 2 bridgehead atoms. The fourth-order valence-corrected chi connectivity index (χ4v) is 4.57. The molecule has 5 unspecified atom stereocenters. The van der Waals surface area contributed by atoms with Crippen LogP contribution in [0.25, 0.3) is 0 Å². The van der Waals surface area contributed by atoms with Crippen LogP contribution in [0.1, 0.15) is 85.0 Å². The SMILES string of the molecule is CC1C=CCCC1.CCC1CC2C=CC1C2.CCC1CC=CCC1. The second-order valence-corrected chi connectivity index (χ2v) is 8.34. The lowest BCUT2D eigenvalue weighted by Gasteiger charge is -2.14. The van der Waals surface area contributed by atoms with E-state index in [-0.39, 0.29) is 0 Å². The van der Waals surface area contributed by atoms with E-state index in [0.717, 1.165) is 29.6 Å². The molecular formula is C24H40. The lowest BCUT2D eigenvalue weighted by molar-refractivity contribution is 0.434. The highest BCUT2D eigenvalue weighted by Crippen LogP contribution is 2.44.